The van der Waals surface area contributed by atoms with Crippen molar-refractivity contribution in [3.63, 3.8) is 0 Å². The Hall–Kier alpha value is -1.72. The number of amides is 1. The van der Waals surface area contributed by atoms with Gasteiger partial charge in [0.15, 0.2) is 0 Å². The highest BCUT2D eigenvalue weighted by atomic mass is 79.9. The van der Waals surface area contributed by atoms with Gasteiger partial charge in [-0.3, -0.25) is 4.79 Å². The second-order valence-electron chi connectivity index (χ2n) is 6.04. The van der Waals surface area contributed by atoms with E-state index in [1.165, 1.54) is 6.07 Å². The summed E-state index contributed by atoms with van der Waals surface area (Å²) in [5.74, 6) is -0.354. The Morgan fingerprint density at radius 3 is 2.54 bits per heavy atom. The van der Waals surface area contributed by atoms with E-state index in [0.717, 1.165) is 31.5 Å². The first-order valence-electron chi connectivity index (χ1n) is 8.16. The van der Waals surface area contributed by atoms with Crippen molar-refractivity contribution in [3.05, 3.63) is 69.9 Å². The Morgan fingerprint density at radius 2 is 1.88 bits per heavy atom. The molecule has 126 valence electrons. The number of carbonyl (C=O) groups is 1. The Kier molecular flexibility index (Phi) is 5.63. The van der Waals surface area contributed by atoms with Crippen molar-refractivity contribution < 1.29 is 9.18 Å². The highest BCUT2D eigenvalue weighted by Crippen LogP contribution is 2.27. The fourth-order valence-electron chi connectivity index (χ4n) is 3.07. The summed E-state index contributed by atoms with van der Waals surface area (Å²) in [5, 5.41) is 6.31. The van der Waals surface area contributed by atoms with E-state index in [1.54, 1.807) is 12.1 Å². The summed E-state index contributed by atoms with van der Waals surface area (Å²) < 4.78 is 15.2. The molecule has 24 heavy (non-hydrogen) atoms. The van der Waals surface area contributed by atoms with Gasteiger partial charge in [0.25, 0.3) is 0 Å². The van der Waals surface area contributed by atoms with Gasteiger partial charge in [-0.1, -0.05) is 52.3 Å². The minimum absolute atomic E-state index is 0.00679. The number of hydrogen-bond donors (Lipinski definition) is 2. The third kappa shape index (κ3) is 4.02. The molecular weight excluding hydrogens is 371 g/mol. The molecule has 5 heteroatoms. The van der Waals surface area contributed by atoms with Gasteiger partial charge < -0.3 is 10.6 Å². The molecule has 1 aliphatic rings. The van der Waals surface area contributed by atoms with Crippen LogP contribution in [0.2, 0.25) is 0 Å². The zero-order valence-electron chi connectivity index (χ0n) is 13.3. The normalized spacial score (nSPS) is 16.6. The van der Waals surface area contributed by atoms with Crippen LogP contribution < -0.4 is 10.6 Å². The maximum Gasteiger partial charge on any atom is 0.223 e. The summed E-state index contributed by atoms with van der Waals surface area (Å²) in [4.78, 5) is 12.7. The zero-order valence-corrected chi connectivity index (χ0v) is 14.9. The molecule has 0 radical (unpaired) electrons. The number of hydrogen-bond acceptors (Lipinski definition) is 2. The van der Waals surface area contributed by atoms with E-state index in [-0.39, 0.29) is 17.6 Å². The Morgan fingerprint density at radius 1 is 1.17 bits per heavy atom. The SMILES string of the molecule is O=C(NC(c1ccccc1)c1ccc(Br)cc1F)C1CCNCC1. The lowest BCUT2D eigenvalue weighted by Crippen LogP contribution is -2.40. The summed E-state index contributed by atoms with van der Waals surface area (Å²) in [6, 6.07) is 14.0. The average Bonchev–Trinajstić information content (AvgIpc) is 2.61. The molecule has 0 aliphatic carbocycles. The summed E-state index contributed by atoms with van der Waals surface area (Å²) in [5.41, 5.74) is 1.35. The lowest BCUT2D eigenvalue weighted by molar-refractivity contribution is -0.126. The number of carbonyl (C=O) groups excluding carboxylic acids is 1. The Bertz CT molecular complexity index is 702. The largest absolute Gasteiger partial charge is 0.345 e. The fourth-order valence-corrected chi connectivity index (χ4v) is 3.40. The van der Waals surface area contributed by atoms with Crippen molar-refractivity contribution in [2.24, 2.45) is 5.92 Å². The van der Waals surface area contributed by atoms with Crippen LogP contribution in [0, 0.1) is 11.7 Å². The Labute approximate surface area is 149 Å². The predicted molar refractivity (Wildman–Crippen MR) is 96.1 cm³/mol. The minimum Gasteiger partial charge on any atom is -0.345 e. The number of halogens is 2. The van der Waals surface area contributed by atoms with E-state index in [1.807, 2.05) is 30.3 Å². The molecule has 0 spiro atoms. The molecule has 1 unspecified atom stereocenters. The van der Waals surface area contributed by atoms with Gasteiger partial charge in [-0.25, -0.2) is 4.39 Å². The van der Waals surface area contributed by atoms with Crippen LogP contribution in [0.15, 0.2) is 53.0 Å². The highest BCUT2D eigenvalue weighted by molar-refractivity contribution is 9.10. The predicted octanol–water partition coefficient (Wildman–Crippen LogP) is 3.79. The van der Waals surface area contributed by atoms with Crippen molar-refractivity contribution in [1.29, 1.82) is 0 Å². The quantitative estimate of drug-likeness (QED) is 0.833. The van der Waals surface area contributed by atoms with Gasteiger partial charge in [0.2, 0.25) is 5.91 Å². The maximum absolute atomic E-state index is 14.5. The summed E-state index contributed by atoms with van der Waals surface area (Å²) in [6.07, 6.45) is 1.63. The van der Waals surface area contributed by atoms with E-state index >= 15 is 0 Å². The van der Waals surface area contributed by atoms with Crippen LogP contribution in [0.25, 0.3) is 0 Å². The second kappa shape index (κ2) is 7.90. The smallest absolute Gasteiger partial charge is 0.223 e. The standard InChI is InChI=1S/C19H20BrFN2O/c20-15-6-7-16(17(21)12-15)18(13-4-2-1-3-5-13)23-19(24)14-8-10-22-11-9-14/h1-7,12,14,18,22H,8-11H2,(H,23,24). The lowest BCUT2D eigenvalue weighted by atomic mass is 9.94. The molecule has 1 heterocycles. The minimum atomic E-state index is -0.485. The van der Waals surface area contributed by atoms with E-state index in [2.05, 4.69) is 26.6 Å². The third-order valence-corrected chi connectivity index (χ3v) is 4.90. The number of piperidine rings is 1. The van der Waals surface area contributed by atoms with E-state index < -0.39 is 6.04 Å². The molecule has 1 atom stereocenters. The van der Waals surface area contributed by atoms with E-state index in [4.69, 9.17) is 0 Å². The van der Waals surface area contributed by atoms with Crippen LogP contribution in [-0.4, -0.2) is 19.0 Å². The van der Waals surface area contributed by atoms with E-state index in [9.17, 15) is 9.18 Å². The number of benzene rings is 2. The molecule has 3 nitrogen and oxygen atoms in total. The van der Waals surface area contributed by atoms with Gasteiger partial charge in [0.05, 0.1) is 6.04 Å². The summed E-state index contributed by atoms with van der Waals surface area (Å²) in [7, 11) is 0. The molecule has 3 rings (SSSR count). The summed E-state index contributed by atoms with van der Waals surface area (Å²) in [6.45, 7) is 1.70. The van der Waals surface area contributed by atoms with Crippen molar-refractivity contribution in [3.8, 4) is 0 Å². The monoisotopic (exact) mass is 390 g/mol. The van der Waals surface area contributed by atoms with Gasteiger partial charge in [-0.2, -0.15) is 0 Å². The highest BCUT2D eigenvalue weighted by Gasteiger charge is 2.26. The first-order valence-corrected chi connectivity index (χ1v) is 8.95. The van der Waals surface area contributed by atoms with Crippen LogP contribution in [0.4, 0.5) is 4.39 Å². The Balaban J connectivity index is 1.89. The number of rotatable bonds is 4. The molecule has 1 aliphatic heterocycles. The van der Waals surface area contributed by atoms with Gasteiger partial charge in [-0.15, -0.1) is 0 Å². The molecule has 0 aromatic heterocycles. The second-order valence-corrected chi connectivity index (χ2v) is 6.96. The molecule has 0 bridgehead atoms. The van der Waals surface area contributed by atoms with Crippen LogP contribution in [0.1, 0.15) is 30.0 Å². The topological polar surface area (TPSA) is 41.1 Å². The molecular formula is C19H20BrFN2O. The maximum atomic E-state index is 14.5. The van der Waals surface area contributed by atoms with Gasteiger partial charge in [0.1, 0.15) is 5.82 Å². The molecule has 0 saturated carbocycles. The van der Waals surface area contributed by atoms with Gasteiger partial charge in [0, 0.05) is 16.0 Å². The third-order valence-electron chi connectivity index (χ3n) is 4.40. The lowest BCUT2D eigenvalue weighted by Gasteiger charge is -2.26. The average molecular weight is 391 g/mol. The fraction of sp³-hybridized carbons (Fsp3) is 0.316. The molecule has 1 saturated heterocycles. The van der Waals surface area contributed by atoms with E-state index in [0.29, 0.717) is 10.0 Å². The van der Waals surface area contributed by atoms with Crippen molar-refractivity contribution >= 4 is 21.8 Å². The molecule has 2 aromatic rings. The first-order chi connectivity index (χ1) is 11.6. The first kappa shape index (κ1) is 17.1. The van der Waals surface area contributed by atoms with Crippen LogP contribution in [0.3, 0.4) is 0 Å². The zero-order chi connectivity index (χ0) is 16.9. The van der Waals surface area contributed by atoms with Crippen LogP contribution in [-0.2, 0) is 4.79 Å². The van der Waals surface area contributed by atoms with Gasteiger partial charge in [-0.05, 0) is 43.6 Å². The van der Waals surface area contributed by atoms with Crippen LogP contribution in [0.5, 0.6) is 0 Å². The molecule has 1 amide bonds. The van der Waals surface area contributed by atoms with Crippen molar-refractivity contribution in [2.45, 2.75) is 18.9 Å². The molecule has 2 aromatic carbocycles. The van der Waals surface area contributed by atoms with Crippen molar-refractivity contribution in [1.82, 2.24) is 10.6 Å². The van der Waals surface area contributed by atoms with Crippen molar-refractivity contribution in [2.75, 3.05) is 13.1 Å². The van der Waals surface area contributed by atoms with Gasteiger partial charge >= 0.3 is 0 Å². The molecule has 2 N–H and O–H groups in total. The molecule has 1 fully saturated rings. The summed E-state index contributed by atoms with van der Waals surface area (Å²) >= 11 is 3.28. The number of nitrogens with one attached hydrogen (secondary N) is 2. The van der Waals surface area contributed by atoms with Crippen LogP contribution >= 0.6 is 15.9 Å².